The molecule has 0 aliphatic carbocycles. The number of hydrogen-bond donors (Lipinski definition) is 1. The number of rotatable bonds is 4. The Balaban J connectivity index is 1.80. The van der Waals surface area contributed by atoms with E-state index in [2.05, 4.69) is 22.0 Å². The Bertz CT molecular complexity index is 1050. The lowest BCUT2D eigenvalue weighted by Gasteiger charge is -2.27. The Kier molecular flexibility index (Phi) is 4.83. The van der Waals surface area contributed by atoms with Crippen LogP contribution in [0.5, 0.6) is 0 Å². The van der Waals surface area contributed by atoms with Crippen LogP contribution in [0.2, 0.25) is 5.02 Å². The van der Waals surface area contributed by atoms with Crippen molar-refractivity contribution in [1.82, 2.24) is 19.7 Å². The van der Waals surface area contributed by atoms with Gasteiger partial charge in [0.15, 0.2) is 5.82 Å². The number of hydrogen-bond acceptors (Lipinski definition) is 4. The Morgan fingerprint density at radius 1 is 1.25 bits per heavy atom. The number of carbonyl (C=O) groups excluding carboxylic acids is 1. The van der Waals surface area contributed by atoms with Gasteiger partial charge in [-0.05, 0) is 42.0 Å². The minimum absolute atomic E-state index is 0.133. The number of amides is 1. The first-order chi connectivity index (χ1) is 13.6. The van der Waals surface area contributed by atoms with Crippen LogP contribution in [0, 0.1) is 5.82 Å². The van der Waals surface area contributed by atoms with Gasteiger partial charge in [-0.1, -0.05) is 18.2 Å². The van der Waals surface area contributed by atoms with Crippen LogP contribution >= 0.6 is 11.6 Å². The van der Waals surface area contributed by atoms with E-state index in [-0.39, 0.29) is 11.6 Å². The van der Waals surface area contributed by atoms with Crippen LogP contribution < -0.4 is 5.32 Å². The van der Waals surface area contributed by atoms with Crippen LogP contribution in [0.3, 0.4) is 0 Å². The molecule has 0 unspecified atom stereocenters. The first kappa shape index (κ1) is 18.2. The Morgan fingerprint density at radius 2 is 2.04 bits per heavy atom. The van der Waals surface area contributed by atoms with Crippen LogP contribution in [0.25, 0.3) is 11.1 Å². The number of nitrogens with zero attached hydrogens (tertiary/aromatic N) is 4. The lowest BCUT2D eigenvalue weighted by Crippen LogP contribution is -2.37. The van der Waals surface area contributed by atoms with Crippen LogP contribution in [-0.4, -0.2) is 32.1 Å². The average molecular weight is 398 g/mol. The molecule has 0 saturated heterocycles. The van der Waals surface area contributed by atoms with Gasteiger partial charge in [-0.2, -0.15) is 5.10 Å². The minimum Gasteiger partial charge on any atom is -0.336 e. The second kappa shape index (κ2) is 7.44. The molecule has 1 aliphatic rings. The van der Waals surface area contributed by atoms with Gasteiger partial charge in [0.25, 0.3) is 0 Å². The highest BCUT2D eigenvalue weighted by Crippen LogP contribution is 2.36. The number of pyridine rings is 1. The molecule has 0 spiro atoms. The predicted octanol–water partition coefficient (Wildman–Crippen LogP) is 4.01. The summed E-state index contributed by atoms with van der Waals surface area (Å²) in [4.78, 5) is 17.9. The second-order valence-corrected chi connectivity index (χ2v) is 6.78. The van der Waals surface area contributed by atoms with Gasteiger partial charge in [0, 0.05) is 29.5 Å². The third-order valence-electron chi connectivity index (χ3n) is 4.62. The van der Waals surface area contributed by atoms with Crippen molar-refractivity contribution in [2.75, 3.05) is 11.9 Å². The number of nitrogens with one attached hydrogen (secondary N) is 1. The largest absolute Gasteiger partial charge is 0.336 e. The van der Waals surface area contributed by atoms with E-state index in [1.807, 2.05) is 16.8 Å². The molecule has 1 amide bonds. The van der Waals surface area contributed by atoms with Gasteiger partial charge in [-0.25, -0.2) is 4.39 Å². The van der Waals surface area contributed by atoms with Gasteiger partial charge in [0.1, 0.15) is 5.82 Å². The van der Waals surface area contributed by atoms with E-state index in [1.54, 1.807) is 29.4 Å². The van der Waals surface area contributed by atoms with Crippen molar-refractivity contribution in [1.29, 1.82) is 0 Å². The minimum atomic E-state index is -0.470. The maximum atomic E-state index is 14.3. The Hall–Kier alpha value is -3.19. The van der Waals surface area contributed by atoms with Crippen LogP contribution in [0.4, 0.5) is 15.9 Å². The normalized spacial score (nSPS) is 13.1. The third-order valence-corrected chi connectivity index (χ3v) is 4.85. The highest BCUT2D eigenvalue weighted by Gasteiger charge is 2.27. The molecule has 3 heterocycles. The van der Waals surface area contributed by atoms with Gasteiger partial charge in [0.05, 0.1) is 24.5 Å². The highest BCUT2D eigenvalue weighted by molar-refractivity contribution is 6.30. The van der Waals surface area contributed by atoms with Gasteiger partial charge in [0.2, 0.25) is 5.91 Å². The molecular weight excluding hydrogens is 381 g/mol. The summed E-state index contributed by atoms with van der Waals surface area (Å²) in [5.74, 6) is -0.0932. The molecule has 4 rings (SSSR count). The Labute approximate surface area is 166 Å². The molecular formula is C20H17ClFN5O. The zero-order chi connectivity index (χ0) is 19.7. The van der Waals surface area contributed by atoms with E-state index in [0.717, 1.165) is 16.8 Å². The standard InChI is InChI=1S/C20H17ClFN5O/c1-2-18(28)26-9-10-27-17(12-26)19(13-5-7-23-8-6-13)20(25-27)24-16-4-3-14(21)11-15(16)22/h2-8,11H,1,9-10,12H2,(H,24,25). The lowest BCUT2D eigenvalue weighted by atomic mass is 10.1. The number of carbonyl (C=O) groups is 1. The summed E-state index contributed by atoms with van der Waals surface area (Å²) in [5.41, 5.74) is 2.82. The van der Waals surface area contributed by atoms with Gasteiger partial charge < -0.3 is 10.2 Å². The topological polar surface area (TPSA) is 63.1 Å². The summed E-state index contributed by atoms with van der Waals surface area (Å²) in [6.45, 7) is 5.02. The summed E-state index contributed by atoms with van der Waals surface area (Å²) >= 11 is 5.85. The van der Waals surface area contributed by atoms with Crippen molar-refractivity contribution < 1.29 is 9.18 Å². The number of anilines is 2. The predicted molar refractivity (Wildman–Crippen MR) is 106 cm³/mol. The second-order valence-electron chi connectivity index (χ2n) is 6.34. The van der Waals surface area contributed by atoms with Crippen molar-refractivity contribution in [3.05, 3.63) is 71.9 Å². The fourth-order valence-electron chi connectivity index (χ4n) is 3.26. The highest BCUT2D eigenvalue weighted by atomic mass is 35.5. The van der Waals surface area contributed by atoms with Crippen molar-refractivity contribution >= 4 is 29.0 Å². The molecule has 0 bridgehead atoms. The van der Waals surface area contributed by atoms with Crippen LogP contribution in [0.15, 0.2) is 55.4 Å². The summed E-state index contributed by atoms with van der Waals surface area (Å²) < 4.78 is 16.2. The summed E-state index contributed by atoms with van der Waals surface area (Å²) in [6, 6.07) is 8.14. The molecule has 1 aromatic carbocycles. The van der Waals surface area contributed by atoms with Gasteiger partial charge in [-0.3, -0.25) is 14.5 Å². The van der Waals surface area contributed by atoms with Crippen molar-refractivity contribution in [2.45, 2.75) is 13.1 Å². The molecule has 0 saturated carbocycles. The lowest BCUT2D eigenvalue weighted by molar-refractivity contribution is -0.127. The maximum Gasteiger partial charge on any atom is 0.246 e. The van der Waals surface area contributed by atoms with Crippen molar-refractivity contribution in [3.8, 4) is 11.1 Å². The molecule has 6 nitrogen and oxygen atoms in total. The van der Waals surface area contributed by atoms with E-state index in [4.69, 9.17) is 11.6 Å². The quantitative estimate of drug-likeness (QED) is 0.676. The molecule has 3 aromatic rings. The fraction of sp³-hybridized carbons (Fsp3) is 0.150. The summed E-state index contributed by atoms with van der Waals surface area (Å²) in [7, 11) is 0. The summed E-state index contributed by atoms with van der Waals surface area (Å²) in [6.07, 6.45) is 4.67. The van der Waals surface area contributed by atoms with Gasteiger partial charge >= 0.3 is 0 Å². The van der Waals surface area contributed by atoms with E-state index in [9.17, 15) is 9.18 Å². The fourth-order valence-corrected chi connectivity index (χ4v) is 3.42. The molecule has 1 N–H and O–H groups in total. The summed E-state index contributed by atoms with van der Waals surface area (Å²) in [5, 5.41) is 8.02. The third kappa shape index (κ3) is 3.36. The van der Waals surface area contributed by atoms with E-state index in [1.165, 1.54) is 12.1 Å². The molecule has 142 valence electrons. The average Bonchev–Trinajstić information content (AvgIpc) is 3.07. The van der Waals surface area contributed by atoms with Crippen LogP contribution in [0.1, 0.15) is 5.69 Å². The van der Waals surface area contributed by atoms with E-state index >= 15 is 0 Å². The van der Waals surface area contributed by atoms with Gasteiger partial charge in [-0.15, -0.1) is 0 Å². The number of fused-ring (bicyclic) bond motifs is 1. The SMILES string of the molecule is C=CC(=O)N1CCn2nc(Nc3ccc(Cl)cc3F)c(-c3ccncc3)c2C1. The maximum absolute atomic E-state index is 14.3. The van der Waals surface area contributed by atoms with E-state index in [0.29, 0.717) is 30.5 Å². The van der Waals surface area contributed by atoms with Crippen molar-refractivity contribution in [2.24, 2.45) is 0 Å². The molecule has 0 radical (unpaired) electrons. The molecule has 28 heavy (non-hydrogen) atoms. The van der Waals surface area contributed by atoms with Crippen LogP contribution in [-0.2, 0) is 17.9 Å². The van der Waals surface area contributed by atoms with E-state index < -0.39 is 5.82 Å². The number of benzene rings is 1. The number of halogens is 2. The zero-order valence-corrected chi connectivity index (χ0v) is 15.7. The number of aromatic nitrogens is 3. The molecule has 0 fully saturated rings. The Morgan fingerprint density at radius 3 is 2.75 bits per heavy atom. The smallest absolute Gasteiger partial charge is 0.246 e. The monoisotopic (exact) mass is 397 g/mol. The molecule has 1 aliphatic heterocycles. The first-order valence-corrected chi connectivity index (χ1v) is 9.08. The first-order valence-electron chi connectivity index (χ1n) is 8.70. The molecule has 8 heteroatoms. The van der Waals surface area contributed by atoms with Crippen molar-refractivity contribution in [3.63, 3.8) is 0 Å². The molecule has 0 atom stereocenters. The molecule has 2 aromatic heterocycles. The zero-order valence-electron chi connectivity index (χ0n) is 14.9.